The standard InChI is InChI=1S/C14H31N3O2S/c1-3-15-9-5-6-12-20(18,19)16-13-14-7-10-17(4-2)11-8-14/h14-16H,3-13H2,1-2H3. The second-order valence-corrected chi connectivity index (χ2v) is 7.53. The van der Waals surface area contributed by atoms with Crippen LogP contribution >= 0.6 is 0 Å². The van der Waals surface area contributed by atoms with Crippen molar-refractivity contribution in [1.82, 2.24) is 14.9 Å². The monoisotopic (exact) mass is 305 g/mol. The summed E-state index contributed by atoms with van der Waals surface area (Å²) in [5.41, 5.74) is 0. The molecule has 1 saturated heterocycles. The summed E-state index contributed by atoms with van der Waals surface area (Å²) < 4.78 is 26.6. The highest BCUT2D eigenvalue weighted by Crippen LogP contribution is 2.16. The van der Waals surface area contributed by atoms with Gasteiger partial charge in [0.05, 0.1) is 5.75 Å². The molecule has 0 aromatic rings. The fraction of sp³-hybridized carbons (Fsp3) is 1.00. The topological polar surface area (TPSA) is 61.4 Å². The summed E-state index contributed by atoms with van der Waals surface area (Å²) in [6.45, 7) is 10.0. The van der Waals surface area contributed by atoms with Crippen LogP contribution in [0.15, 0.2) is 0 Å². The molecule has 120 valence electrons. The highest BCUT2D eigenvalue weighted by Gasteiger charge is 2.19. The average Bonchev–Trinajstić information content (AvgIpc) is 2.45. The highest BCUT2D eigenvalue weighted by atomic mass is 32.2. The molecule has 1 rings (SSSR count). The molecule has 0 saturated carbocycles. The first kappa shape index (κ1) is 17.9. The lowest BCUT2D eigenvalue weighted by Gasteiger charge is -2.30. The Balaban J connectivity index is 2.13. The van der Waals surface area contributed by atoms with Crippen LogP contribution in [0.4, 0.5) is 0 Å². The summed E-state index contributed by atoms with van der Waals surface area (Å²) in [6, 6.07) is 0. The minimum Gasteiger partial charge on any atom is -0.317 e. The zero-order valence-corrected chi connectivity index (χ0v) is 13.8. The maximum absolute atomic E-state index is 11.9. The summed E-state index contributed by atoms with van der Waals surface area (Å²) in [4.78, 5) is 2.42. The average molecular weight is 305 g/mol. The molecule has 0 aromatic heterocycles. The first-order valence-corrected chi connectivity index (χ1v) is 9.63. The third kappa shape index (κ3) is 7.57. The van der Waals surface area contributed by atoms with Crippen LogP contribution in [0.5, 0.6) is 0 Å². The zero-order valence-electron chi connectivity index (χ0n) is 13.0. The van der Waals surface area contributed by atoms with E-state index in [1.807, 2.05) is 0 Å². The number of unbranched alkanes of at least 4 members (excludes halogenated alkanes) is 1. The van der Waals surface area contributed by atoms with E-state index < -0.39 is 10.0 Å². The number of likely N-dealkylation sites (tertiary alicyclic amines) is 1. The van der Waals surface area contributed by atoms with Gasteiger partial charge in [0.1, 0.15) is 0 Å². The predicted molar refractivity (Wildman–Crippen MR) is 84.4 cm³/mol. The Morgan fingerprint density at radius 1 is 1.15 bits per heavy atom. The van der Waals surface area contributed by atoms with Crippen molar-refractivity contribution in [2.45, 2.75) is 39.5 Å². The summed E-state index contributed by atoms with van der Waals surface area (Å²) in [5.74, 6) is 0.765. The van der Waals surface area contributed by atoms with Crippen molar-refractivity contribution in [2.75, 3.05) is 45.0 Å². The second-order valence-electron chi connectivity index (χ2n) is 5.61. The molecule has 0 amide bonds. The number of hydrogen-bond acceptors (Lipinski definition) is 4. The molecular formula is C14H31N3O2S. The lowest BCUT2D eigenvalue weighted by molar-refractivity contribution is 0.193. The molecule has 0 aromatic carbocycles. The number of nitrogens with zero attached hydrogens (tertiary/aromatic N) is 1. The summed E-state index contributed by atoms with van der Waals surface area (Å²) in [6.07, 6.45) is 3.87. The Morgan fingerprint density at radius 3 is 2.45 bits per heavy atom. The molecule has 1 aliphatic rings. The molecule has 20 heavy (non-hydrogen) atoms. The van der Waals surface area contributed by atoms with E-state index in [1.165, 1.54) is 0 Å². The minimum absolute atomic E-state index is 0.256. The smallest absolute Gasteiger partial charge is 0.211 e. The van der Waals surface area contributed by atoms with Gasteiger partial charge in [-0.05, 0) is 64.3 Å². The van der Waals surface area contributed by atoms with E-state index in [4.69, 9.17) is 0 Å². The summed E-state index contributed by atoms with van der Waals surface area (Å²) >= 11 is 0. The Kier molecular flexibility index (Phi) is 8.68. The van der Waals surface area contributed by atoms with Crippen LogP contribution in [0.3, 0.4) is 0 Å². The van der Waals surface area contributed by atoms with Crippen LogP contribution in [-0.4, -0.2) is 58.3 Å². The number of nitrogens with one attached hydrogen (secondary N) is 2. The molecule has 0 aliphatic carbocycles. The van der Waals surface area contributed by atoms with Crippen molar-refractivity contribution in [1.29, 1.82) is 0 Å². The zero-order chi connectivity index (χ0) is 14.8. The van der Waals surface area contributed by atoms with Gasteiger partial charge in [-0.3, -0.25) is 0 Å². The van der Waals surface area contributed by atoms with Crippen molar-refractivity contribution < 1.29 is 8.42 Å². The summed E-state index contributed by atoms with van der Waals surface area (Å²) in [7, 11) is -3.08. The van der Waals surface area contributed by atoms with E-state index in [0.717, 1.165) is 58.4 Å². The van der Waals surface area contributed by atoms with Gasteiger partial charge >= 0.3 is 0 Å². The normalized spacial score (nSPS) is 18.5. The minimum atomic E-state index is -3.08. The highest BCUT2D eigenvalue weighted by molar-refractivity contribution is 7.89. The van der Waals surface area contributed by atoms with E-state index >= 15 is 0 Å². The van der Waals surface area contributed by atoms with E-state index in [2.05, 4.69) is 28.8 Å². The van der Waals surface area contributed by atoms with Gasteiger partial charge in [0, 0.05) is 6.54 Å². The summed E-state index contributed by atoms with van der Waals surface area (Å²) in [5, 5.41) is 3.21. The molecule has 0 bridgehead atoms. The number of hydrogen-bond donors (Lipinski definition) is 2. The Morgan fingerprint density at radius 2 is 1.85 bits per heavy atom. The SMILES string of the molecule is CCNCCCCS(=O)(=O)NCC1CCN(CC)CC1. The molecule has 5 nitrogen and oxygen atoms in total. The van der Waals surface area contributed by atoms with E-state index in [-0.39, 0.29) is 5.75 Å². The molecule has 6 heteroatoms. The lowest BCUT2D eigenvalue weighted by Crippen LogP contribution is -2.39. The predicted octanol–water partition coefficient (Wildman–Crippen LogP) is 1.03. The van der Waals surface area contributed by atoms with E-state index in [0.29, 0.717) is 12.5 Å². The van der Waals surface area contributed by atoms with Crippen molar-refractivity contribution in [3.63, 3.8) is 0 Å². The van der Waals surface area contributed by atoms with Gasteiger partial charge in [0.25, 0.3) is 0 Å². The molecule has 1 heterocycles. The van der Waals surface area contributed by atoms with Crippen molar-refractivity contribution in [2.24, 2.45) is 5.92 Å². The molecule has 0 atom stereocenters. The Bertz CT molecular complexity index is 338. The van der Waals surface area contributed by atoms with Gasteiger partial charge in [-0.2, -0.15) is 0 Å². The van der Waals surface area contributed by atoms with Gasteiger partial charge in [-0.1, -0.05) is 13.8 Å². The molecule has 0 spiro atoms. The van der Waals surface area contributed by atoms with Gasteiger partial charge in [0.2, 0.25) is 10.0 Å². The van der Waals surface area contributed by atoms with Crippen molar-refractivity contribution >= 4 is 10.0 Å². The molecule has 1 aliphatic heterocycles. The Labute approximate surface area is 124 Å². The van der Waals surface area contributed by atoms with Crippen LogP contribution in [0, 0.1) is 5.92 Å². The largest absolute Gasteiger partial charge is 0.317 e. The van der Waals surface area contributed by atoms with Gasteiger partial charge in [-0.25, -0.2) is 13.1 Å². The van der Waals surface area contributed by atoms with E-state index in [9.17, 15) is 8.42 Å². The number of sulfonamides is 1. The van der Waals surface area contributed by atoms with Crippen LogP contribution in [0.1, 0.15) is 39.5 Å². The maximum atomic E-state index is 11.9. The molecule has 1 fully saturated rings. The molecule has 2 N–H and O–H groups in total. The van der Waals surface area contributed by atoms with Crippen LogP contribution < -0.4 is 10.0 Å². The third-order valence-corrected chi connectivity index (χ3v) is 5.45. The van der Waals surface area contributed by atoms with Gasteiger partial charge in [0.15, 0.2) is 0 Å². The molecule has 0 radical (unpaired) electrons. The van der Waals surface area contributed by atoms with Gasteiger partial charge < -0.3 is 10.2 Å². The first-order chi connectivity index (χ1) is 9.57. The lowest BCUT2D eigenvalue weighted by atomic mass is 9.97. The fourth-order valence-corrected chi connectivity index (χ4v) is 3.76. The third-order valence-electron chi connectivity index (χ3n) is 4.01. The second kappa shape index (κ2) is 9.71. The van der Waals surface area contributed by atoms with Crippen LogP contribution in [0.2, 0.25) is 0 Å². The Hall–Kier alpha value is -0.170. The maximum Gasteiger partial charge on any atom is 0.211 e. The first-order valence-electron chi connectivity index (χ1n) is 7.97. The van der Waals surface area contributed by atoms with Crippen LogP contribution in [-0.2, 0) is 10.0 Å². The fourth-order valence-electron chi connectivity index (χ4n) is 2.54. The molecular weight excluding hydrogens is 274 g/mol. The molecule has 0 unspecified atom stereocenters. The van der Waals surface area contributed by atoms with Gasteiger partial charge in [-0.15, -0.1) is 0 Å². The van der Waals surface area contributed by atoms with Crippen LogP contribution in [0.25, 0.3) is 0 Å². The van der Waals surface area contributed by atoms with Crippen molar-refractivity contribution in [3.8, 4) is 0 Å². The number of rotatable bonds is 10. The van der Waals surface area contributed by atoms with E-state index in [1.54, 1.807) is 0 Å². The quantitative estimate of drug-likeness (QED) is 0.592. The number of piperidine rings is 1. The van der Waals surface area contributed by atoms with Crippen molar-refractivity contribution in [3.05, 3.63) is 0 Å².